The van der Waals surface area contributed by atoms with Crippen molar-refractivity contribution in [3.63, 3.8) is 0 Å². The smallest absolute Gasteiger partial charge is 0.255 e. The van der Waals surface area contributed by atoms with Crippen molar-refractivity contribution in [2.45, 2.75) is 25.0 Å². The number of aromatic nitrogens is 1. The number of rotatable bonds is 9. The van der Waals surface area contributed by atoms with Crippen LogP contribution in [0.3, 0.4) is 0 Å². The van der Waals surface area contributed by atoms with E-state index in [9.17, 15) is 9.18 Å². The van der Waals surface area contributed by atoms with Crippen molar-refractivity contribution < 1.29 is 13.9 Å². The van der Waals surface area contributed by atoms with Crippen molar-refractivity contribution in [3.05, 3.63) is 88.3 Å². The van der Waals surface area contributed by atoms with Crippen LogP contribution in [-0.4, -0.2) is 41.5 Å². The number of thiazole rings is 1. The lowest BCUT2D eigenvalue weighted by Gasteiger charge is -2.37. The fourth-order valence-corrected chi connectivity index (χ4v) is 4.57. The van der Waals surface area contributed by atoms with Crippen LogP contribution in [0, 0.1) is 5.82 Å². The van der Waals surface area contributed by atoms with Crippen LogP contribution in [0.4, 0.5) is 4.39 Å². The summed E-state index contributed by atoms with van der Waals surface area (Å²) in [7, 11) is 0. The number of piperidine rings is 1. The normalized spacial score (nSPS) is 16.5. The van der Waals surface area contributed by atoms with Crippen molar-refractivity contribution in [2.75, 3.05) is 19.6 Å². The molecule has 2 heterocycles. The molecule has 2 aromatic rings. The van der Waals surface area contributed by atoms with E-state index in [1.54, 1.807) is 23.7 Å². The van der Waals surface area contributed by atoms with Crippen molar-refractivity contribution in [1.29, 1.82) is 0 Å². The molecule has 1 fully saturated rings. The van der Waals surface area contributed by atoms with Gasteiger partial charge in [-0.05, 0) is 37.1 Å². The SMILES string of the molecule is C=C/C=C(\C=C)OC1CCN(C(CNC(=O)c2c(F)cccc2Cl)c2cncs2)CC1. The highest BCUT2D eigenvalue weighted by atomic mass is 35.5. The highest BCUT2D eigenvalue weighted by Crippen LogP contribution is 2.28. The topological polar surface area (TPSA) is 54.5 Å². The molecule has 1 N–H and O–H groups in total. The average Bonchev–Trinajstić information content (AvgIpc) is 3.29. The van der Waals surface area contributed by atoms with Gasteiger partial charge in [0, 0.05) is 30.7 Å². The molecule has 1 saturated heterocycles. The molecule has 31 heavy (non-hydrogen) atoms. The second-order valence-electron chi connectivity index (χ2n) is 7.09. The van der Waals surface area contributed by atoms with E-state index in [0.717, 1.165) is 30.8 Å². The van der Waals surface area contributed by atoms with Gasteiger partial charge >= 0.3 is 0 Å². The van der Waals surface area contributed by atoms with E-state index in [-0.39, 0.29) is 22.7 Å². The van der Waals surface area contributed by atoms with Gasteiger partial charge in [-0.25, -0.2) is 4.39 Å². The lowest BCUT2D eigenvalue weighted by atomic mass is 10.0. The monoisotopic (exact) mass is 461 g/mol. The maximum Gasteiger partial charge on any atom is 0.255 e. The maximum atomic E-state index is 14.1. The zero-order valence-electron chi connectivity index (χ0n) is 17.1. The number of nitrogens with one attached hydrogen (secondary N) is 1. The fraction of sp³-hybridized carbons (Fsp3) is 0.304. The summed E-state index contributed by atoms with van der Waals surface area (Å²) in [5.41, 5.74) is 1.63. The summed E-state index contributed by atoms with van der Waals surface area (Å²) >= 11 is 7.56. The van der Waals surface area contributed by atoms with Gasteiger partial charge in [0.15, 0.2) is 0 Å². The first kappa shape index (κ1) is 23.2. The minimum atomic E-state index is -0.636. The van der Waals surface area contributed by atoms with Gasteiger partial charge in [-0.1, -0.05) is 36.9 Å². The highest BCUT2D eigenvalue weighted by molar-refractivity contribution is 7.09. The Morgan fingerprint density at radius 3 is 2.81 bits per heavy atom. The zero-order chi connectivity index (χ0) is 22.2. The second-order valence-corrected chi connectivity index (χ2v) is 8.41. The number of benzene rings is 1. The summed E-state index contributed by atoms with van der Waals surface area (Å²) in [6.45, 7) is 9.37. The molecule has 3 rings (SSSR count). The Balaban J connectivity index is 1.65. The number of halogens is 2. The number of hydrogen-bond acceptors (Lipinski definition) is 5. The predicted octanol–water partition coefficient (Wildman–Crippen LogP) is 5.14. The van der Waals surface area contributed by atoms with E-state index in [4.69, 9.17) is 16.3 Å². The first-order valence-corrected chi connectivity index (χ1v) is 11.3. The van der Waals surface area contributed by atoms with Crippen molar-refractivity contribution in [2.24, 2.45) is 0 Å². The molecule has 0 spiro atoms. The molecular formula is C23H25ClFN3O2S. The number of carbonyl (C=O) groups is 1. The Bertz CT molecular complexity index is 920. The fourth-order valence-electron chi connectivity index (χ4n) is 3.56. The molecule has 0 bridgehead atoms. The van der Waals surface area contributed by atoms with Crippen LogP contribution in [0.5, 0.6) is 0 Å². The van der Waals surface area contributed by atoms with Gasteiger partial charge in [0.25, 0.3) is 5.91 Å². The average molecular weight is 462 g/mol. The third-order valence-electron chi connectivity index (χ3n) is 5.13. The van der Waals surface area contributed by atoms with Gasteiger partial charge in [0.2, 0.25) is 0 Å². The van der Waals surface area contributed by atoms with Gasteiger partial charge in [0.05, 0.1) is 22.1 Å². The van der Waals surface area contributed by atoms with E-state index in [2.05, 4.69) is 28.4 Å². The molecule has 0 aliphatic carbocycles. The second kappa shape index (κ2) is 11.2. The predicted molar refractivity (Wildman–Crippen MR) is 123 cm³/mol. The molecule has 1 unspecified atom stereocenters. The summed E-state index contributed by atoms with van der Waals surface area (Å²) in [6, 6.07) is 4.14. The summed E-state index contributed by atoms with van der Waals surface area (Å²) in [4.78, 5) is 20.1. The molecule has 1 aromatic heterocycles. The van der Waals surface area contributed by atoms with Crippen LogP contribution in [-0.2, 0) is 4.74 Å². The van der Waals surface area contributed by atoms with Crippen LogP contribution in [0.25, 0.3) is 0 Å². The Morgan fingerprint density at radius 1 is 1.42 bits per heavy atom. The van der Waals surface area contributed by atoms with Gasteiger partial charge in [-0.15, -0.1) is 11.3 Å². The van der Waals surface area contributed by atoms with E-state index in [1.165, 1.54) is 29.5 Å². The molecular weight excluding hydrogens is 437 g/mol. The third-order valence-corrected chi connectivity index (χ3v) is 6.32. The van der Waals surface area contributed by atoms with Crippen LogP contribution < -0.4 is 5.32 Å². The standard InChI is InChI=1S/C23H25ClFN3O2S/c1-3-6-16(4-2)30-17-9-11-28(12-10-17)20(21-14-26-15-31-21)13-27-23(29)22-18(24)7-5-8-19(22)25/h3-8,14-15,17,20H,1-2,9-13H2,(H,27,29)/b16-6+. The molecule has 1 atom stereocenters. The van der Waals surface area contributed by atoms with E-state index < -0.39 is 11.7 Å². The quantitative estimate of drug-likeness (QED) is 0.415. The Kier molecular flexibility index (Phi) is 8.40. The Hall–Kier alpha value is -2.48. The maximum absolute atomic E-state index is 14.1. The molecule has 5 nitrogen and oxygen atoms in total. The first-order chi connectivity index (χ1) is 15.0. The van der Waals surface area contributed by atoms with Gasteiger partial charge < -0.3 is 10.1 Å². The molecule has 0 saturated carbocycles. The van der Waals surface area contributed by atoms with Crippen LogP contribution in [0.15, 0.2) is 67.1 Å². The minimum Gasteiger partial charge on any atom is -0.490 e. The molecule has 1 amide bonds. The number of amides is 1. The number of carbonyl (C=O) groups excluding carboxylic acids is 1. The molecule has 8 heteroatoms. The van der Waals surface area contributed by atoms with Gasteiger partial charge in [-0.3, -0.25) is 14.7 Å². The molecule has 0 radical (unpaired) electrons. The number of nitrogens with zero attached hydrogens (tertiary/aromatic N) is 2. The lowest BCUT2D eigenvalue weighted by Crippen LogP contribution is -2.43. The lowest BCUT2D eigenvalue weighted by molar-refractivity contribution is 0.0393. The van der Waals surface area contributed by atoms with Gasteiger partial charge in [-0.2, -0.15) is 0 Å². The zero-order valence-corrected chi connectivity index (χ0v) is 18.7. The molecule has 164 valence electrons. The van der Waals surface area contributed by atoms with E-state index >= 15 is 0 Å². The van der Waals surface area contributed by atoms with Crippen LogP contribution in [0.1, 0.15) is 34.1 Å². The summed E-state index contributed by atoms with van der Waals surface area (Å²) < 4.78 is 20.1. The number of hydrogen-bond donors (Lipinski definition) is 1. The van der Waals surface area contributed by atoms with Crippen molar-refractivity contribution >= 4 is 28.8 Å². The van der Waals surface area contributed by atoms with Crippen LogP contribution in [0.2, 0.25) is 5.02 Å². The van der Waals surface area contributed by atoms with Gasteiger partial charge in [0.1, 0.15) is 17.7 Å². The third kappa shape index (κ3) is 6.03. The molecule has 1 aliphatic rings. The van der Waals surface area contributed by atoms with Crippen molar-refractivity contribution in [3.8, 4) is 0 Å². The van der Waals surface area contributed by atoms with E-state index in [0.29, 0.717) is 12.3 Å². The summed E-state index contributed by atoms with van der Waals surface area (Å²) in [5, 5.41) is 2.94. The highest BCUT2D eigenvalue weighted by Gasteiger charge is 2.29. The van der Waals surface area contributed by atoms with E-state index in [1.807, 2.05) is 6.20 Å². The van der Waals surface area contributed by atoms with Crippen LogP contribution >= 0.6 is 22.9 Å². The number of likely N-dealkylation sites (tertiary alicyclic amines) is 1. The largest absolute Gasteiger partial charge is 0.490 e. The molecule has 1 aliphatic heterocycles. The Labute approximate surface area is 190 Å². The summed E-state index contributed by atoms with van der Waals surface area (Å²) in [6.07, 6.45) is 8.73. The number of ether oxygens (including phenoxy) is 1. The van der Waals surface area contributed by atoms with Crippen molar-refractivity contribution in [1.82, 2.24) is 15.2 Å². The first-order valence-electron chi connectivity index (χ1n) is 10.00. The molecule has 1 aromatic carbocycles. The number of allylic oxidation sites excluding steroid dienone is 3. The Morgan fingerprint density at radius 2 is 2.19 bits per heavy atom. The summed E-state index contributed by atoms with van der Waals surface area (Å²) in [5.74, 6) is -0.453. The minimum absolute atomic E-state index is 0.0643.